The Balaban J connectivity index is 2.82. The van der Waals surface area contributed by atoms with Crippen LogP contribution in [0.5, 0.6) is 0 Å². The standard InChI is InChI=1S/C12H18N2O/c1-4-10-5-7-11(8-6-10)9(2)12(15)14(3)13/h5-9H,4,13H2,1-3H3. The first-order valence-corrected chi connectivity index (χ1v) is 5.17. The molecule has 0 heterocycles. The first-order valence-electron chi connectivity index (χ1n) is 5.17. The summed E-state index contributed by atoms with van der Waals surface area (Å²) >= 11 is 0. The van der Waals surface area contributed by atoms with Gasteiger partial charge >= 0.3 is 0 Å². The van der Waals surface area contributed by atoms with Crippen LogP contribution in [0.1, 0.15) is 30.9 Å². The second kappa shape index (κ2) is 4.94. The number of amides is 1. The molecule has 1 atom stereocenters. The van der Waals surface area contributed by atoms with E-state index in [0.717, 1.165) is 17.0 Å². The molecule has 82 valence electrons. The van der Waals surface area contributed by atoms with Crippen LogP contribution in [0, 0.1) is 0 Å². The zero-order chi connectivity index (χ0) is 11.4. The molecule has 0 aliphatic carbocycles. The third-order valence-electron chi connectivity index (χ3n) is 2.61. The Hall–Kier alpha value is -1.35. The number of aryl methyl sites for hydroxylation is 1. The lowest BCUT2D eigenvalue weighted by molar-refractivity contribution is -0.131. The summed E-state index contributed by atoms with van der Waals surface area (Å²) in [5.74, 6) is 5.17. The average Bonchev–Trinajstić information content (AvgIpc) is 2.27. The summed E-state index contributed by atoms with van der Waals surface area (Å²) in [5.41, 5.74) is 2.29. The molecule has 1 rings (SSSR count). The number of carbonyl (C=O) groups is 1. The Bertz CT molecular complexity index is 330. The Kier molecular flexibility index (Phi) is 3.86. The van der Waals surface area contributed by atoms with Crippen LogP contribution in [0.3, 0.4) is 0 Å². The highest BCUT2D eigenvalue weighted by Gasteiger charge is 2.16. The van der Waals surface area contributed by atoms with Crippen molar-refractivity contribution in [3.8, 4) is 0 Å². The number of hydrogen-bond acceptors (Lipinski definition) is 2. The number of hydrazine groups is 1. The first-order chi connectivity index (χ1) is 7.06. The van der Waals surface area contributed by atoms with Gasteiger partial charge in [0, 0.05) is 7.05 Å². The highest BCUT2D eigenvalue weighted by atomic mass is 16.2. The van der Waals surface area contributed by atoms with Crippen molar-refractivity contribution in [1.29, 1.82) is 0 Å². The largest absolute Gasteiger partial charge is 0.283 e. The maximum atomic E-state index is 11.6. The summed E-state index contributed by atoms with van der Waals surface area (Å²) in [4.78, 5) is 11.6. The third-order valence-corrected chi connectivity index (χ3v) is 2.61. The van der Waals surface area contributed by atoms with E-state index in [0.29, 0.717) is 0 Å². The fourth-order valence-corrected chi connectivity index (χ4v) is 1.49. The van der Waals surface area contributed by atoms with Crippen LogP contribution in [0.2, 0.25) is 0 Å². The van der Waals surface area contributed by atoms with Gasteiger partial charge in [0.15, 0.2) is 0 Å². The van der Waals surface area contributed by atoms with Gasteiger partial charge in [-0.05, 0) is 24.5 Å². The van der Waals surface area contributed by atoms with Crippen LogP contribution in [-0.2, 0) is 11.2 Å². The molecule has 0 aliphatic heterocycles. The zero-order valence-corrected chi connectivity index (χ0v) is 9.53. The van der Waals surface area contributed by atoms with E-state index in [4.69, 9.17) is 5.84 Å². The van der Waals surface area contributed by atoms with Crippen molar-refractivity contribution in [2.45, 2.75) is 26.2 Å². The molecule has 1 amide bonds. The van der Waals surface area contributed by atoms with Crippen LogP contribution < -0.4 is 5.84 Å². The van der Waals surface area contributed by atoms with Crippen LogP contribution in [0.25, 0.3) is 0 Å². The lowest BCUT2D eigenvalue weighted by Gasteiger charge is -2.16. The van der Waals surface area contributed by atoms with Crippen molar-refractivity contribution in [3.05, 3.63) is 35.4 Å². The molecular weight excluding hydrogens is 188 g/mol. The first kappa shape index (κ1) is 11.7. The lowest BCUT2D eigenvalue weighted by atomic mass is 9.98. The Morgan fingerprint density at radius 2 is 1.93 bits per heavy atom. The Morgan fingerprint density at radius 1 is 1.40 bits per heavy atom. The smallest absolute Gasteiger partial charge is 0.243 e. The van der Waals surface area contributed by atoms with Crippen molar-refractivity contribution in [2.75, 3.05) is 7.05 Å². The summed E-state index contributed by atoms with van der Waals surface area (Å²) in [5, 5.41) is 1.14. The van der Waals surface area contributed by atoms with E-state index in [1.54, 1.807) is 7.05 Å². The number of rotatable bonds is 3. The number of benzene rings is 1. The molecule has 0 radical (unpaired) electrons. The number of nitrogens with two attached hydrogens (primary N) is 1. The number of likely N-dealkylation sites (N-methyl/N-ethyl adjacent to an activating group) is 1. The van der Waals surface area contributed by atoms with E-state index in [1.807, 2.05) is 19.1 Å². The maximum Gasteiger partial charge on any atom is 0.243 e. The van der Waals surface area contributed by atoms with E-state index in [2.05, 4.69) is 19.1 Å². The molecule has 0 bridgehead atoms. The number of carbonyl (C=O) groups excluding carboxylic acids is 1. The van der Waals surface area contributed by atoms with Crippen molar-refractivity contribution in [3.63, 3.8) is 0 Å². The minimum absolute atomic E-state index is 0.0701. The van der Waals surface area contributed by atoms with E-state index in [9.17, 15) is 4.79 Å². The minimum Gasteiger partial charge on any atom is -0.283 e. The number of hydrogen-bond donors (Lipinski definition) is 1. The zero-order valence-electron chi connectivity index (χ0n) is 9.53. The topological polar surface area (TPSA) is 46.3 Å². The normalized spacial score (nSPS) is 12.3. The molecule has 3 heteroatoms. The van der Waals surface area contributed by atoms with Gasteiger partial charge in [-0.3, -0.25) is 9.80 Å². The monoisotopic (exact) mass is 206 g/mol. The molecule has 0 spiro atoms. The van der Waals surface area contributed by atoms with Gasteiger partial charge in [-0.1, -0.05) is 31.2 Å². The quantitative estimate of drug-likeness (QED) is 0.464. The van der Waals surface area contributed by atoms with Crippen LogP contribution >= 0.6 is 0 Å². The van der Waals surface area contributed by atoms with E-state index in [-0.39, 0.29) is 11.8 Å². The highest BCUT2D eigenvalue weighted by Crippen LogP contribution is 2.17. The molecule has 1 aromatic rings. The molecule has 0 fully saturated rings. The molecule has 1 aromatic carbocycles. The highest BCUT2D eigenvalue weighted by molar-refractivity contribution is 5.82. The van der Waals surface area contributed by atoms with Crippen molar-refractivity contribution in [2.24, 2.45) is 5.84 Å². The lowest BCUT2D eigenvalue weighted by Crippen LogP contribution is -2.36. The van der Waals surface area contributed by atoms with Gasteiger partial charge in [-0.25, -0.2) is 5.84 Å². The fourth-order valence-electron chi connectivity index (χ4n) is 1.49. The molecule has 2 N–H and O–H groups in total. The van der Waals surface area contributed by atoms with Gasteiger partial charge in [-0.2, -0.15) is 0 Å². The van der Waals surface area contributed by atoms with Crippen LogP contribution in [-0.4, -0.2) is 18.0 Å². The van der Waals surface area contributed by atoms with Crippen molar-refractivity contribution >= 4 is 5.91 Å². The van der Waals surface area contributed by atoms with Gasteiger partial charge in [0.05, 0.1) is 5.92 Å². The van der Waals surface area contributed by atoms with Gasteiger partial charge in [-0.15, -0.1) is 0 Å². The predicted octanol–water partition coefficient (Wildman–Crippen LogP) is 1.68. The summed E-state index contributed by atoms with van der Waals surface area (Å²) in [6.07, 6.45) is 1.01. The average molecular weight is 206 g/mol. The van der Waals surface area contributed by atoms with Gasteiger partial charge in [0.1, 0.15) is 0 Å². The molecule has 3 nitrogen and oxygen atoms in total. The molecule has 15 heavy (non-hydrogen) atoms. The van der Waals surface area contributed by atoms with Gasteiger partial charge in [0.25, 0.3) is 0 Å². The fraction of sp³-hybridized carbons (Fsp3) is 0.417. The summed E-state index contributed by atoms with van der Waals surface area (Å²) in [6.45, 7) is 3.98. The van der Waals surface area contributed by atoms with E-state index >= 15 is 0 Å². The predicted molar refractivity (Wildman–Crippen MR) is 61.2 cm³/mol. The maximum absolute atomic E-state index is 11.6. The molecule has 1 unspecified atom stereocenters. The van der Waals surface area contributed by atoms with Gasteiger partial charge < -0.3 is 0 Å². The molecule has 0 aliphatic rings. The van der Waals surface area contributed by atoms with Gasteiger partial charge in [0.2, 0.25) is 5.91 Å². The molecule has 0 aromatic heterocycles. The molecule has 0 saturated heterocycles. The summed E-state index contributed by atoms with van der Waals surface area (Å²) in [7, 11) is 1.57. The second-order valence-corrected chi connectivity index (χ2v) is 3.77. The summed E-state index contributed by atoms with van der Waals surface area (Å²) in [6, 6.07) is 8.08. The summed E-state index contributed by atoms with van der Waals surface area (Å²) < 4.78 is 0. The number of nitrogens with zero attached hydrogens (tertiary/aromatic N) is 1. The molecular formula is C12H18N2O. The van der Waals surface area contributed by atoms with Crippen LogP contribution in [0.15, 0.2) is 24.3 Å². The van der Waals surface area contributed by atoms with Crippen molar-refractivity contribution < 1.29 is 4.79 Å². The molecule has 0 saturated carbocycles. The van der Waals surface area contributed by atoms with E-state index in [1.165, 1.54) is 5.56 Å². The SMILES string of the molecule is CCc1ccc(C(C)C(=O)N(C)N)cc1. The minimum atomic E-state index is -0.175. The Labute approximate surface area is 90.9 Å². The third kappa shape index (κ3) is 2.80. The van der Waals surface area contributed by atoms with Crippen LogP contribution in [0.4, 0.5) is 0 Å². The van der Waals surface area contributed by atoms with E-state index < -0.39 is 0 Å². The Morgan fingerprint density at radius 3 is 2.33 bits per heavy atom. The van der Waals surface area contributed by atoms with Crippen molar-refractivity contribution in [1.82, 2.24) is 5.01 Å². The second-order valence-electron chi connectivity index (χ2n) is 3.77.